The van der Waals surface area contributed by atoms with Crippen LogP contribution in [-0.2, 0) is 25.4 Å². The van der Waals surface area contributed by atoms with E-state index in [2.05, 4.69) is 4.98 Å². The molecule has 2 aliphatic heterocycles. The van der Waals surface area contributed by atoms with Gasteiger partial charge in [0.05, 0.1) is 6.61 Å². The summed E-state index contributed by atoms with van der Waals surface area (Å²) in [6.45, 7) is 4.66. The molecule has 0 saturated carbocycles. The lowest BCUT2D eigenvalue weighted by Gasteiger charge is -2.24. The predicted molar refractivity (Wildman–Crippen MR) is 94.3 cm³/mol. The van der Waals surface area contributed by atoms with Crippen molar-refractivity contribution < 1.29 is 24.1 Å². The Labute approximate surface area is 155 Å². The Bertz CT molecular complexity index is 854. The van der Waals surface area contributed by atoms with Crippen LogP contribution >= 0.6 is 0 Å². The highest BCUT2D eigenvalue weighted by Crippen LogP contribution is 2.42. The van der Waals surface area contributed by atoms with Gasteiger partial charge in [-0.1, -0.05) is 6.08 Å². The first-order valence-corrected chi connectivity index (χ1v) is 8.85. The van der Waals surface area contributed by atoms with Crippen LogP contribution < -0.4 is 11.2 Å². The molecule has 0 radical (unpaired) electrons. The summed E-state index contributed by atoms with van der Waals surface area (Å²) in [6.07, 6.45) is 2.81. The van der Waals surface area contributed by atoms with Crippen molar-refractivity contribution in [2.75, 3.05) is 6.61 Å². The molecule has 0 aliphatic carbocycles. The summed E-state index contributed by atoms with van der Waals surface area (Å²) in [5.74, 6) is -0.938. The number of carbonyl (C=O) groups excluding carboxylic acids is 1. The van der Waals surface area contributed by atoms with Crippen molar-refractivity contribution in [2.45, 2.75) is 63.9 Å². The maximum absolute atomic E-state index is 12.4. The topological polar surface area (TPSA) is 120 Å². The van der Waals surface area contributed by atoms with Gasteiger partial charge >= 0.3 is 5.69 Å². The Hall–Kier alpha value is -2.07. The van der Waals surface area contributed by atoms with Gasteiger partial charge < -0.3 is 19.3 Å². The predicted octanol–water partition coefficient (Wildman–Crippen LogP) is 0.0242. The highest BCUT2D eigenvalue weighted by atomic mass is 16.8. The SMILES string of the molecule is CC(=O)/C=C/CCc1cn([C@@H]2O[C@H](CO)C3OC(C)(C)OC32)c(=O)[nH]c1=O. The minimum Gasteiger partial charge on any atom is -0.394 e. The molecule has 0 bridgehead atoms. The van der Waals surface area contributed by atoms with Gasteiger partial charge in [0.1, 0.15) is 18.3 Å². The number of nitrogens with zero attached hydrogens (tertiary/aromatic N) is 1. The van der Waals surface area contributed by atoms with Crippen molar-refractivity contribution in [3.63, 3.8) is 0 Å². The van der Waals surface area contributed by atoms with E-state index in [1.165, 1.54) is 23.8 Å². The van der Waals surface area contributed by atoms with Crippen LogP contribution in [0.3, 0.4) is 0 Å². The monoisotopic (exact) mass is 380 g/mol. The molecule has 9 heteroatoms. The summed E-state index contributed by atoms with van der Waals surface area (Å²) in [7, 11) is 0. The summed E-state index contributed by atoms with van der Waals surface area (Å²) in [5.41, 5.74) is -0.725. The van der Waals surface area contributed by atoms with Crippen LogP contribution in [0.25, 0.3) is 0 Å². The molecule has 0 spiro atoms. The molecule has 0 amide bonds. The number of hydrogen-bond acceptors (Lipinski definition) is 7. The number of fused-ring (bicyclic) bond motifs is 1. The number of carbonyl (C=O) groups is 1. The summed E-state index contributed by atoms with van der Waals surface area (Å²) in [5, 5.41) is 9.56. The average molecular weight is 380 g/mol. The van der Waals surface area contributed by atoms with Crippen molar-refractivity contribution in [1.29, 1.82) is 0 Å². The molecule has 27 heavy (non-hydrogen) atoms. The lowest BCUT2D eigenvalue weighted by Crippen LogP contribution is -2.38. The molecule has 0 aromatic carbocycles. The second-order valence-corrected chi connectivity index (χ2v) is 7.19. The van der Waals surface area contributed by atoms with Crippen molar-refractivity contribution >= 4 is 5.78 Å². The number of allylic oxidation sites excluding steroid dienone is 2. The Morgan fingerprint density at radius 2 is 2.04 bits per heavy atom. The molecule has 148 valence electrons. The molecule has 2 fully saturated rings. The van der Waals surface area contributed by atoms with Gasteiger partial charge in [0, 0.05) is 11.8 Å². The van der Waals surface area contributed by atoms with Crippen molar-refractivity contribution in [3.05, 3.63) is 44.8 Å². The number of ketones is 1. The van der Waals surface area contributed by atoms with E-state index >= 15 is 0 Å². The third kappa shape index (κ3) is 4.11. The molecule has 2 unspecified atom stereocenters. The number of ether oxygens (including phenoxy) is 3. The van der Waals surface area contributed by atoms with E-state index in [0.717, 1.165) is 0 Å². The van der Waals surface area contributed by atoms with Gasteiger partial charge in [0.15, 0.2) is 17.8 Å². The molecule has 1 aromatic heterocycles. The summed E-state index contributed by atoms with van der Waals surface area (Å²) < 4.78 is 18.7. The summed E-state index contributed by atoms with van der Waals surface area (Å²) in [4.78, 5) is 37.7. The summed E-state index contributed by atoms with van der Waals surface area (Å²) >= 11 is 0. The molecule has 4 atom stereocenters. The van der Waals surface area contributed by atoms with Crippen LogP contribution in [0.5, 0.6) is 0 Å². The van der Waals surface area contributed by atoms with Gasteiger partial charge in [-0.15, -0.1) is 0 Å². The van der Waals surface area contributed by atoms with E-state index in [1.54, 1.807) is 19.9 Å². The van der Waals surface area contributed by atoms with Crippen LogP contribution in [-0.4, -0.2) is 51.1 Å². The van der Waals surface area contributed by atoms with Gasteiger partial charge in [0.25, 0.3) is 5.56 Å². The smallest absolute Gasteiger partial charge is 0.330 e. The maximum Gasteiger partial charge on any atom is 0.330 e. The third-order valence-electron chi connectivity index (χ3n) is 4.55. The molecule has 2 saturated heterocycles. The van der Waals surface area contributed by atoms with E-state index in [1.807, 2.05) is 0 Å². The summed E-state index contributed by atoms with van der Waals surface area (Å²) in [6, 6.07) is 0. The number of hydrogen-bond donors (Lipinski definition) is 2. The molecule has 2 aliphatic rings. The fraction of sp³-hybridized carbons (Fsp3) is 0.611. The van der Waals surface area contributed by atoms with Crippen LogP contribution in [0.2, 0.25) is 0 Å². The maximum atomic E-state index is 12.4. The second-order valence-electron chi connectivity index (χ2n) is 7.19. The quantitative estimate of drug-likeness (QED) is 0.668. The molecular weight excluding hydrogens is 356 g/mol. The first kappa shape index (κ1) is 19.7. The fourth-order valence-corrected chi connectivity index (χ4v) is 3.41. The second kappa shape index (κ2) is 7.51. The molecule has 3 heterocycles. The molecule has 1 aromatic rings. The Balaban J connectivity index is 1.87. The van der Waals surface area contributed by atoms with E-state index < -0.39 is 41.6 Å². The van der Waals surface area contributed by atoms with Crippen LogP contribution in [0, 0.1) is 0 Å². The number of aryl methyl sites for hydroxylation is 1. The lowest BCUT2D eigenvalue weighted by molar-refractivity contribution is -0.200. The number of aromatic amines is 1. The Kier molecular flexibility index (Phi) is 5.48. The van der Waals surface area contributed by atoms with Crippen LogP contribution in [0.1, 0.15) is 39.0 Å². The highest BCUT2D eigenvalue weighted by molar-refractivity contribution is 5.87. The molecular formula is C18H24N2O7. The Morgan fingerprint density at radius 1 is 1.33 bits per heavy atom. The number of aromatic nitrogens is 2. The zero-order valence-corrected chi connectivity index (χ0v) is 15.5. The molecule has 9 nitrogen and oxygen atoms in total. The van der Waals surface area contributed by atoms with Gasteiger partial charge in [0.2, 0.25) is 0 Å². The highest BCUT2D eigenvalue weighted by Gasteiger charge is 2.55. The normalized spacial score (nSPS) is 29.3. The first-order chi connectivity index (χ1) is 12.7. The van der Waals surface area contributed by atoms with E-state index in [4.69, 9.17) is 14.2 Å². The standard InChI is InChI=1S/C18H24N2O7/c1-10(22)6-4-5-7-11-8-20(17(24)19-15(11)23)16-14-13(12(9-21)25-16)26-18(2,3)27-14/h4,6,8,12-14,16,21H,5,7,9H2,1-3H3,(H,19,23,24)/b6-4+/t12-,13?,14?,16-/m1/s1. The Morgan fingerprint density at radius 3 is 2.70 bits per heavy atom. The van der Waals surface area contributed by atoms with Crippen molar-refractivity contribution in [3.8, 4) is 0 Å². The van der Waals surface area contributed by atoms with Gasteiger partial charge in [-0.3, -0.25) is 19.1 Å². The van der Waals surface area contributed by atoms with E-state index in [-0.39, 0.29) is 12.4 Å². The molecule has 2 N–H and O–H groups in total. The average Bonchev–Trinajstić information content (AvgIpc) is 3.06. The third-order valence-corrected chi connectivity index (χ3v) is 4.55. The van der Waals surface area contributed by atoms with Crippen molar-refractivity contribution in [2.24, 2.45) is 0 Å². The van der Waals surface area contributed by atoms with Gasteiger partial charge in [-0.05, 0) is 39.7 Å². The van der Waals surface area contributed by atoms with Crippen LogP contribution in [0.15, 0.2) is 27.9 Å². The zero-order chi connectivity index (χ0) is 19.8. The fourth-order valence-electron chi connectivity index (χ4n) is 3.41. The zero-order valence-electron chi connectivity index (χ0n) is 15.5. The minimum atomic E-state index is -0.864. The van der Waals surface area contributed by atoms with Crippen LogP contribution in [0.4, 0.5) is 0 Å². The van der Waals surface area contributed by atoms with E-state index in [0.29, 0.717) is 18.4 Å². The number of H-pyrrole nitrogens is 1. The largest absolute Gasteiger partial charge is 0.394 e. The van der Waals surface area contributed by atoms with E-state index in [9.17, 15) is 19.5 Å². The first-order valence-electron chi connectivity index (χ1n) is 8.85. The van der Waals surface area contributed by atoms with Gasteiger partial charge in [-0.2, -0.15) is 0 Å². The van der Waals surface area contributed by atoms with Gasteiger partial charge in [-0.25, -0.2) is 4.79 Å². The number of rotatable bonds is 6. The number of nitrogens with one attached hydrogen (secondary N) is 1. The minimum absolute atomic E-state index is 0.0738. The number of aliphatic hydroxyl groups is 1. The lowest BCUT2D eigenvalue weighted by atomic mass is 10.1. The number of aliphatic hydroxyl groups excluding tert-OH is 1. The molecule has 3 rings (SSSR count). The van der Waals surface area contributed by atoms with Crippen molar-refractivity contribution in [1.82, 2.24) is 9.55 Å².